The number of hydrogen-bond acceptors (Lipinski definition) is 3. The summed E-state index contributed by atoms with van der Waals surface area (Å²) in [6, 6.07) is 2.96. The molecule has 20 heavy (non-hydrogen) atoms. The van der Waals surface area contributed by atoms with Gasteiger partial charge >= 0.3 is 0 Å². The minimum atomic E-state index is -4.07. The smallest absolute Gasteiger partial charge is 0.255 e. The first-order chi connectivity index (χ1) is 9.30. The Morgan fingerprint density at radius 1 is 1.40 bits per heavy atom. The molecule has 0 radical (unpaired) electrons. The molecule has 0 aliphatic carbocycles. The molecule has 5 nitrogen and oxygen atoms in total. The fourth-order valence-electron chi connectivity index (χ4n) is 2.47. The molecule has 1 aliphatic rings. The molecule has 1 fully saturated rings. The lowest BCUT2D eigenvalue weighted by atomic mass is 10.0. The molecule has 110 valence electrons. The minimum absolute atomic E-state index is 0.00726. The first kappa shape index (κ1) is 14.9. The van der Waals surface area contributed by atoms with Gasteiger partial charge in [-0.15, -0.1) is 0 Å². The van der Waals surface area contributed by atoms with Gasteiger partial charge < -0.3 is 4.90 Å². The third-order valence-electron chi connectivity index (χ3n) is 3.54. The Kier molecular flexibility index (Phi) is 4.10. The standard InChI is InChI=1S/C13H17FN2O3S/c1-9-4-2-3-7-16(9)13(17)11-8-10(14)5-6-12(11)20(15,18)19/h5-6,8-9H,2-4,7H2,1H3,(H2,15,18,19). The second kappa shape index (κ2) is 5.49. The second-order valence-electron chi connectivity index (χ2n) is 5.03. The van der Waals surface area contributed by atoms with Crippen LogP contribution in [-0.2, 0) is 10.0 Å². The number of carbonyl (C=O) groups is 1. The Hall–Kier alpha value is -1.47. The van der Waals surface area contributed by atoms with Gasteiger partial charge in [0.2, 0.25) is 10.0 Å². The molecule has 2 rings (SSSR count). The van der Waals surface area contributed by atoms with Crippen LogP contribution in [0, 0.1) is 5.82 Å². The Morgan fingerprint density at radius 3 is 2.70 bits per heavy atom. The number of carbonyl (C=O) groups excluding carboxylic acids is 1. The molecule has 0 bridgehead atoms. The number of nitrogens with two attached hydrogens (primary N) is 1. The minimum Gasteiger partial charge on any atom is -0.336 e. The number of amides is 1. The van der Waals surface area contributed by atoms with Crippen molar-refractivity contribution in [2.45, 2.75) is 37.1 Å². The van der Waals surface area contributed by atoms with Gasteiger partial charge in [-0.1, -0.05) is 0 Å². The highest BCUT2D eigenvalue weighted by molar-refractivity contribution is 7.89. The highest BCUT2D eigenvalue weighted by Crippen LogP contribution is 2.23. The van der Waals surface area contributed by atoms with Crippen molar-refractivity contribution >= 4 is 15.9 Å². The zero-order valence-corrected chi connectivity index (χ0v) is 12.0. The maximum Gasteiger partial charge on any atom is 0.255 e. The van der Waals surface area contributed by atoms with Gasteiger partial charge in [-0.05, 0) is 44.4 Å². The lowest BCUT2D eigenvalue weighted by Crippen LogP contribution is -2.42. The van der Waals surface area contributed by atoms with Gasteiger partial charge in [0.15, 0.2) is 0 Å². The summed E-state index contributed by atoms with van der Waals surface area (Å²) < 4.78 is 36.4. The normalized spacial score (nSPS) is 19.9. The zero-order valence-electron chi connectivity index (χ0n) is 11.2. The Morgan fingerprint density at radius 2 is 2.10 bits per heavy atom. The molecule has 1 saturated heterocycles. The molecule has 1 aromatic carbocycles. The van der Waals surface area contributed by atoms with E-state index in [1.54, 1.807) is 4.90 Å². The largest absolute Gasteiger partial charge is 0.336 e. The van der Waals surface area contributed by atoms with Gasteiger partial charge in [-0.2, -0.15) is 0 Å². The fraction of sp³-hybridized carbons (Fsp3) is 0.462. The molecular weight excluding hydrogens is 283 g/mol. The first-order valence-corrected chi connectivity index (χ1v) is 7.98. The second-order valence-corrected chi connectivity index (χ2v) is 6.56. The molecular formula is C13H17FN2O3S. The summed E-state index contributed by atoms with van der Waals surface area (Å²) >= 11 is 0. The molecule has 7 heteroatoms. The van der Waals surface area contributed by atoms with E-state index in [-0.39, 0.29) is 16.5 Å². The average molecular weight is 300 g/mol. The molecule has 1 aromatic rings. The van der Waals surface area contributed by atoms with Crippen molar-refractivity contribution in [3.63, 3.8) is 0 Å². The summed E-state index contributed by atoms with van der Waals surface area (Å²) in [5.41, 5.74) is -0.193. The number of nitrogens with zero attached hydrogens (tertiary/aromatic N) is 1. The third kappa shape index (κ3) is 2.99. The van der Waals surface area contributed by atoms with E-state index in [0.29, 0.717) is 6.54 Å². The van der Waals surface area contributed by atoms with E-state index >= 15 is 0 Å². The SMILES string of the molecule is CC1CCCCN1C(=O)c1cc(F)ccc1S(N)(=O)=O. The van der Waals surface area contributed by atoms with Crippen LogP contribution in [0.4, 0.5) is 4.39 Å². The van der Waals surface area contributed by atoms with Gasteiger partial charge in [-0.3, -0.25) is 4.79 Å². The van der Waals surface area contributed by atoms with Crippen LogP contribution in [0.2, 0.25) is 0 Å². The van der Waals surface area contributed by atoms with Crippen LogP contribution >= 0.6 is 0 Å². The van der Waals surface area contributed by atoms with E-state index < -0.39 is 21.7 Å². The van der Waals surface area contributed by atoms with Crippen LogP contribution in [0.25, 0.3) is 0 Å². The molecule has 1 amide bonds. The zero-order chi connectivity index (χ0) is 14.9. The van der Waals surface area contributed by atoms with E-state index in [2.05, 4.69) is 0 Å². The predicted octanol–water partition coefficient (Wildman–Crippen LogP) is 1.49. The number of halogens is 1. The molecule has 0 aromatic heterocycles. The van der Waals surface area contributed by atoms with Crippen molar-refractivity contribution in [3.8, 4) is 0 Å². The van der Waals surface area contributed by atoms with E-state index in [1.165, 1.54) is 0 Å². The van der Waals surface area contributed by atoms with Crippen LogP contribution in [0.1, 0.15) is 36.5 Å². The number of sulfonamides is 1. The fourth-order valence-corrected chi connectivity index (χ4v) is 3.18. The van der Waals surface area contributed by atoms with Crippen molar-refractivity contribution in [1.82, 2.24) is 4.90 Å². The topological polar surface area (TPSA) is 80.5 Å². The van der Waals surface area contributed by atoms with E-state index in [9.17, 15) is 17.6 Å². The molecule has 1 atom stereocenters. The summed E-state index contributed by atoms with van der Waals surface area (Å²) in [7, 11) is -4.07. The van der Waals surface area contributed by atoms with Gasteiger partial charge in [0.25, 0.3) is 5.91 Å². The van der Waals surface area contributed by atoms with Crippen LogP contribution in [0.5, 0.6) is 0 Å². The summed E-state index contributed by atoms with van der Waals surface area (Å²) in [6.45, 7) is 2.44. The van der Waals surface area contributed by atoms with Crippen molar-refractivity contribution in [2.75, 3.05) is 6.54 Å². The highest BCUT2D eigenvalue weighted by atomic mass is 32.2. The predicted molar refractivity (Wildman–Crippen MR) is 72.1 cm³/mol. The summed E-state index contributed by atoms with van der Waals surface area (Å²) in [5.74, 6) is -1.15. The van der Waals surface area contributed by atoms with Crippen molar-refractivity contribution in [2.24, 2.45) is 5.14 Å². The first-order valence-electron chi connectivity index (χ1n) is 6.44. The monoisotopic (exact) mass is 300 g/mol. The number of hydrogen-bond donors (Lipinski definition) is 1. The van der Waals surface area contributed by atoms with Crippen molar-refractivity contribution in [3.05, 3.63) is 29.6 Å². The molecule has 0 saturated carbocycles. The number of likely N-dealkylation sites (tertiary alicyclic amines) is 1. The Bertz CT molecular complexity index is 631. The van der Waals surface area contributed by atoms with Crippen LogP contribution in [0.3, 0.4) is 0 Å². The van der Waals surface area contributed by atoms with Gasteiger partial charge in [-0.25, -0.2) is 17.9 Å². The average Bonchev–Trinajstić information content (AvgIpc) is 2.37. The number of benzene rings is 1. The molecule has 1 unspecified atom stereocenters. The highest BCUT2D eigenvalue weighted by Gasteiger charge is 2.28. The number of piperidine rings is 1. The summed E-state index contributed by atoms with van der Waals surface area (Å²) in [4.78, 5) is 13.7. The lowest BCUT2D eigenvalue weighted by Gasteiger charge is -2.33. The number of rotatable bonds is 2. The van der Waals surface area contributed by atoms with Gasteiger partial charge in [0.1, 0.15) is 5.82 Å². The van der Waals surface area contributed by atoms with E-state index in [1.807, 2.05) is 6.92 Å². The molecule has 0 spiro atoms. The molecule has 1 heterocycles. The van der Waals surface area contributed by atoms with Crippen molar-refractivity contribution < 1.29 is 17.6 Å². The van der Waals surface area contributed by atoms with E-state index in [4.69, 9.17) is 5.14 Å². The lowest BCUT2D eigenvalue weighted by molar-refractivity contribution is 0.0631. The van der Waals surface area contributed by atoms with Gasteiger partial charge in [0.05, 0.1) is 10.5 Å². The number of primary sulfonamides is 1. The molecule has 2 N–H and O–H groups in total. The third-order valence-corrected chi connectivity index (χ3v) is 4.51. The van der Waals surface area contributed by atoms with Crippen LogP contribution in [0.15, 0.2) is 23.1 Å². The van der Waals surface area contributed by atoms with Crippen LogP contribution < -0.4 is 5.14 Å². The van der Waals surface area contributed by atoms with E-state index in [0.717, 1.165) is 37.5 Å². The quantitative estimate of drug-likeness (QED) is 0.898. The molecule has 1 aliphatic heterocycles. The van der Waals surface area contributed by atoms with Crippen molar-refractivity contribution in [1.29, 1.82) is 0 Å². The van der Waals surface area contributed by atoms with Gasteiger partial charge in [0, 0.05) is 12.6 Å². The maximum absolute atomic E-state index is 13.4. The maximum atomic E-state index is 13.4. The Labute approximate surface area is 117 Å². The van der Waals surface area contributed by atoms with Crippen LogP contribution in [-0.4, -0.2) is 31.8 Å². The summed E-state index contributed by atoms with van der Waals surface area (Å²) in [5, 5.41) is 5.09. The summed E-state index contributed by atoms with van der Waals surface area (Å²) in [6.07, 6.45) is 2.73. The Balaban J connectivity index is 2.46.